The maximum atomic E-state index is 9.64. The molecule has 4 heteroatoms. The second-order valence-corrected chi connectivity index (χ2v) is 6.43. The molecular formula is C15H25N3O. The van der Waals surface area contributed by atoms with Gasteiger partial charge >= 0.3 is 0 Å². The highest BCUT2D eigenvalue weighted by Gasteiger charge is 2.32. The van der Waals surface area contributed by atoms with E-state index in [9.17, 15) is 5.11 Å². The van der Waals surface area contributed by atoms with Gasteiger partial charge in [0.05, 0.1) is 18.6 Å². The van der Waals surface area contributed by atoms with Gasteiger partial charge in [-0.3, -0.25) is 0 Å². The van der Waals surface area contributed by atoms with Crippen molar-refractivity contribution in [1.29, 1.82) is 0 Å². The number of aliphatic hydroxyl groups excluding tert-OH is 1. The fourth-order valence-corrected chi connectivity index (χ4v) is 3.01. The molecule has 2 aliphatic rings. The van der Waals surface area contributed by atoms with Crippen LogP contribution in [0.3, 0.4) is 0 Å². The standard InChI is InChI=1S/C15H25N3O/c1-15(10-19,17-12-6-7-12)8-9-18-11-16-13-4-2-3-5-14(13)18/h11-12,17,19H,2-10H2,1H3. The molecule has 0 radical (unpaired) electrons. The number of hydrogen-bond acceptors (Lipinski definition) is 3. The summed E-state index contributed by atoms with van der Waals surface area (Å²) in [5, 5.41) is 13.2. The molecule has 1 unspecified atom stereocenters. The Hall–Kier alpha value is -0.870. The third kappa shape index (κ3) is 3.00. The Bertz CT molecular complexity index is 439. The predicted molar refractivity (Wildman–Crippen MR) is 75.1 cm³/mol. The summed E-state index contributed by atoms with van der Waals surface area (Å²) in [6, 6.07) is 0.633. The van der Waals surface area contributed by atoms with Crippen LogP contribution < -0.4 is 5.32 Å². The Balaban J connectivity index is 1.62. The Morgan fingerprint density at radius 2 is 2.21 bits per heavy atom. The van der Waals surface area contributed by atoms with E-state index in [0.717, 1.165) is 19.4 Å². The lowest BCUT2D eigenvalue weighted by molar-refractivity contribution is 0.158. The van der Waals surface area contributed by atoms with E-state index in [1.54, 1.807) is 0 Å². The fraction of sp³-hybridized carbons (Fsp3) is 0.800. The molecule has 3 rings (SSSR count). The van der Waals surface area contributed by atoms with Crippen molar-refractivity contribution in [2.45, 2.75) is 70.0 Å². The molecule has 1 fully saturated rings. The third-order valence-corrected chi connectivity index (χ3v) is 4.49. The summed E-state index contributed by atoms with van der Waals surface area (Å²) in [5.41, 5.74) is 2.58. The van der Waals surface area contributed by atoms with Gasteiger partial charge in [0.1, 0.15) is 0 Å². The van der Waals surface area contributed by atoms with Crippen molar-refractivity contribution in [3.8, 4) is 0 Å². The molecule has 106 valence electrons. The van der Waals surface area contributed by atoms with Crippen molar-refractivity contribution < 1.29 is 5.11 Å². The number of aliphatic hydroxyl groups is 1. The summed E-state index contributed by atoms with van der Waals surface area (Å²) >= 11 is 0. The Kier molecular flexibility index (Phi) is 3.63. The van der Waals surface area contributed by atoms with Gasteiger partial charge in [-0.05, 0) is 51.9 Å². The Morgan fingerprint density at radius 1 is 1.42 bits per heavy atom. The highest BCUT2D eigenvalue weighted by atomic mass is 16.3. The van der Waals surface area contributed by atoms with E-state index in [1.807, 2.05) is 6.33 Å². The molecule has 19 heavy (non-hydrogen) atoms. The van der Waals surface area contributed by atoms with Crippen LogP contribution in [0.4, 0.5) is 0 Å². The number of rotatable bonds is 6. The lowest BCUT2D eigenvalue weighted by atomic mass is 9.97. The smallest absolute Gasteiger partial charge is 0.0951 e. The van der Waals surface area contributed by atoms with E-state index in [0.29, 0.717) is 6.04 Å². The Labute approximate surface area is 115 Å². The molecule has 1 aromatic rings. The first-order valence-corrected chi connectivity index (χ1v) is 7.62. The van der Waals surface area contributed by atoms with Gasteiger partial charge in [-0.2, -0.15) is 0 Å². The zero-order chi connectivity index (χ0) is 13.3. The number of aryl methyl sites for hydroxylation is 2. The highest BCUT2D eigenvalue weighted by molar-refractivity contribution is 5.16. The lowest BCUT2D eigenvalue weighted by Gasteiger charge is -2.29. The second-order valence-electron chi connectivity index (χ2n) is 6.43. The first kappa shape index (κ1) is 13.1. The van der Waals surface area contributed by atoms with Crippen LogP contribution in [0.2, 0.25) is 0 Å². The zero-order valence-electron chi connectivity index (χ0n) is 11.9. The maximum absolute atomic E-state index is 9.64. The summed E-state index contributed by atoms with van der Waals surface area (Å²) < 4.78 is 2.30. The highest BCUT2D eigenvalue weighted by Crippen LogP contribution is 2.25. The molecule has 0 aromatic carbocycles. The first-order valence-electron chi connectivity index (χ1n) is 7.62. The SMILES string of the molecule is CC(CO)(CCn1cnc2c1CCCC2)NC1CC1. The Morgan fingerprint density at radius 3 is 2.95 bits per heavy atom. The molecule has 2 N–H and O–H groups in total. The summed E-state index contributed by atoms with van der Waals surface area (Å²) in [4.78, 5) is 4.54. The maximum Gasteiger partial charge on any atom is 0.0951 e. The molecule has 0 bridgehead atoms. The van der Waals surface area contributed by atoms with E-state index in [2.05, 4.69) is 21.8 Å². The van der Waals surface area contributed by atoms with E-state index >= 15 is 0 Å². The molecule has 0 spiro atoms. The van der Waals surface area contributed by atoms with Crippen molar-refractivity contribution in [3.05, 3.63) is 17.7 Å². The van der Waals surface area contributed by atoms with Crippen LogP contribution in [0.1, 0.15) is 50.4 Å². The number of imidazole rings is 1. The van der Waals surface area contributed by atoms with Gasteiger partial charge in [-0.25, -0.2) is 4.98 Å². The zero-order valence-corrected chi connectivity index (χ0v) is 11.9. The van der Waals surface area contributed by atoms with Gasteiger partial charge < -0.3 is 15.0 Å². The predicted octanol–water partition coefficient (Wildman–Crippen LogP) is 1.66. The molecule has 1 saturated carbocycles. The quantitative estimate of drug-likeness (QED) is 0.820. The van der Waals surface area contributed by atoms with E-state index in [4.69, 9.17) is 0 Å². The van der Waals surface area contributed by atoms with Crippen LogP contribution in [-0.2, 0) is 19.4 Å². The normalized spacial score (nSPS) is 22.0. The number of aromatic nitrogens is 2. The molecule has 2 aliphatic carbocycles. The minimum absolute atomic E-state index is 0.146. The summed E-state index contributed by atoms with van der Waals surface area (Å²) in [7, 11) is 0. The van der Waals surface area contributed by atoms with E-state index in [-0.39, 0.29) is 12.1 Å². The van der Waals surface area contributed by atoms with Crippen molar-refractivity contribution in [2.75, 3.05) is 6.61 Å². The van der Waals surface area contributed by atoms with Crippen LogP contribution in [-0.4, -0.2) is 32.8 Å². The van der Waals surface area contributed by atoms with Crippen LogP contribution in [0.25, 0.3) is 0 Å². The van der Waals surface area contributed by atoms with Gasteiger partial charge in [0.2, 0.25) is 0 Å². The van der Waals surface area contributed by atoms with Crippen LogP contribution in [0.15, 0.2) is 6.33 Å². The lowest BCUT2D eigenvalue weighted by Crippen LogP contribution is -2.47. The number of nitrogens with one attached hydrogen (secondary N) is 1. The average Bonchev–Trinajstić information content (AvgIpc) is 3.14. The molecular weight excluding hydrogens is 238 g/mol. The monoisotopic (exact) mass is 263 g/mol. The molecule has 1 atom stereocenters. The van der Waals surface area contributed by atoms with Gasteiger partial charge in [0.25, 0.3) is 0 Å². The molecule has 4 nitrogen and oxygen atoms in total. The molecule has 1 heterocycles. The van der Waals surface area contributed by atoms with E-state index < -0.39 is 0 Å². The third-order valence-electron chi connectivity index (χ3n) is 4.49. The minimum Gasteiger partial charge on any atom is -0.394 e. The van der Waals surface area contributed by atoms with Crippen LogP contribution in [0.5, 0.6) is 0 Å². The topological polar surface area (TPSA) is 50.1 Å². The van der Waals surface area contributed by atoms with Crippen molar-refractivity contribution in [2.24, 2.45) is 0 Å². The van der Waals surface area contributed by atoms with Gasteiger partial charge in [-0.1, -0.05) is 0 Å². The second kappa shape index (κ2) is 5.25. The summed E-state index contributed by atoms with van der Waals surface area (Å²) in [6.07, 6.45) is 10.3. The molecule has 0 saturated heterocycles. The fourth-order valence-electron chi connectivity index (χ4n) is 3.01. The van der Waals surface area contributed by atoms with Crippen LogP contribution in [0, 0.1) is 0 Å². The first-order chi connectivity index (χ1) is 9.20. The van der Waals surface area contributed by atoms with Gasteiger partial charge in [0, 0.05) is 23.8 Å². The van der Waals surface area contributed by atoms with Crippen molar-refractivity contribution in [1.82, 2.24) is 14.9 Å². The van der Waals surface area contributed by atoms with Crippen molar-refractivity contribution in [3.63, 3.8) is 0 Å². The largest absolute Gasteiger partial charge is 0.394 e. The average molecular weight is 263 g/mol. The number of nitrogens with zero attached hydrogens (tertiary/aromatic N) is 2. The van der Waals surface area contributed by atoms with E-state index in [1.165, 1.54) is 43.5 Å². The van der Waals surface area contributed by atoms with Crippen molar-refractivity contribution >= 4 is 0 Å². The molecule has 0 aliphatic heterocycles. The number of fused-ring (bicyclic) bond motifs is 1. The summed E-state index contributed by atoms with van der Waals surface area (Å²) in [6.45, 7) is 3.30. The van der Waals surface area contributed by atoms with Gasteiger partial charge in [0.15, 0.2) is 0 Å². The van der Waals surface area contributed by atoms with Crippen LogP contribution >= 0.6 is 0 Å². The van der Waals surface area contributed by atoms with Gasteiger partial charge in [-0.15, -0.1) is 0 Å². The molecule has 0 amide bonds. The number of hydrogen-bond donors (Lipinski definition) is 2. The molecule has 1 aromatic heterocycles. The minimum atomic E-state index is -0.146. The summed E-state index contributed by atoms with van der Waals surface area (Å²) in [5.74, 6) is 0.